The van der Waals surface area contributed by atoms with Crippen LogP contribution in [0.1, 0.15) is 162 Å². The van der Waals surface area contributed by atoms with Crippen LogP contribution in [0.2, 0.25) is 0 Å². The van der Waals surface area contributed by atoms with E-state index in [1.54, 1.807) is 6.08 Å². The number of allylic oxidation sites excluding steroid dienone is 1. The number of nitrogens with two attached hydrogens (primary N) is 1. The topological polar surface area (TPSA) is 151 Å². The Balaban J connectivity index is 4.30. The molecule has 4 atom stereocenters. The van der Waals surface area contributed by atoms with Crippen LogP contribution < -0.4 is 11.1 Å². The highest BCUT2D eigenvalue weighted by atomic mass is 31.2. The number of unbranched alkanes of at least 4 members (excludes halogenated alkanes) is 19. The summed E-state index contributed by atoms with van der Waals surface area (Å²) in [5.74, 6) is -0.449. The van der Waals surface area contributed by atoms with Gasteiger partial charge in [0, 0.05) is 6.54 Å². The largest absolute Gasteiger partial charge is 0.472 e. The molecule has 0 bridgehead atoms. The zero-order valence-electron chi connectivity index (χ0n) is 28.3. The molecule has 0 aromatic heterocycles. The third-order valence-electron chi connectivity index (χ3n) is 7.92. The molecule has 0 aliphatic heterocycles. The standard InChI is InChI=1S/C34H69N2O7P/c1-3-5-7-9-11-12-13-14-15-16-17-18-20-21-23-25-31(37)29-34(39)36-32(30-43-44(40,41)42-28-27-35)33(38)26-24-22-19-10-8-6-4-2/h24,26,31-33,37-38H,3-23,25,27-30,35H2,1-2H3,(H,36,39)(H,40,41)/b26-24+. The number of amides is 1. The highest BCUT2D eigenvalue weighted by Gasteiger charge is 2.27. The lowest BCUT2D eigenvalue weighted by molar-refractivity contribution is -0.124. The van der Waals surface area contributed by atoms with Crippen molar-refractivity contribution in [3.63, 3.8) is 0 Å². The van der Waals surface area contributed by atoms with Crippen LogP contribution in [0.3, 0.4) is 0 Å². The first-order valence-corrected chi connectivity index (χ1v) is 19.4. The number of carbonyl (C=O) groups excluding carboxylic acids is 1. The van der Waals surface area contributed by atoms with Gasteiger partial charge < -0.3 is 26.2 Å². The summed E-state index contributed by atoms with van der Waals surface area (Å²) in [4.78, 5) is 22.5. The van der Waals surface area contributed by atoms with E-state index in [1.807, 2.05) is 6.08 Å². The minimum Gasteiger partial charge on any atom is -0.393 e. The van der Waals surface area contributed by atoms with Crippen molar-refractivity contribution in [1.29, 1.82) is 0 Å². The number of phosphoric acid groups is 1. The van der Waals surface area contributed by atoms with E-state index < -0.39 is 38.6 Å². The molecule has 4 unspecified atom stereocenters. The van der Waals surface area contributed by atoms with Crippen LogP contribution in [0.15, 0.2) is 12.2 Å². The second kappa shape index (κ2) is 30.8. The molecule has 0 fully saturated rings. The highest BCUT2D eigenvalue weighted by Crippen LogP contribution is 2.43. The molecule has 0 heterocycles. The molecule has 10 heteroatoms. The summed E-state index contributed by atoms with van der Waals surface area (Å²) in [5.41, 5.74) is 5.32. The second-order valence-corrected chi connectivity index (χ2v) is 13.7. The average Bonchev–Trinajstić information content (AvgIpc) is 2.99. The van der Waals surface area contributed by atoms with Crippen molar-refractivity contribution in [3.05, 3.63) is 12.2 Å². The van der Waals surface area contributed by atoms with E-state index >= 15 is 0 Å². The van der Waals surface area contributed by atoms with Gasteiger partial charge in [-0.15, -0.1) is 0 Å². The predicted molar refractivity (Wildman–Crippen MR) is 181 cm³/mol. The molecule has 1 amide bonds. The van der Waals surface area contributed by atoms with Crippen molar-refractivity contribution >= 4 is 13.7 Å². The SMILES string of the molecule is CCCCCCC/C=C/C(O)C(COP(=O)(O)OCCN)NC(=O)CC(O)CCCCCCCCCCCCCCCCC. The molecule has 0 spiro atoms. The summed E-state index contributed by atoms with van der Waals surface area (Å²) in [5, 5.41) is 23.8. The average molecular weight is 649 g/mol. The molecule has 262 valence electrons. The third kappa shape index (κ3) is 28.7. The number of aliphatic hydroxyl groups is 2. The minimum absolute atomic E-state index is 0.0505. The molecule has 0 radical (unpaired) electrons. The predicted octanol–water partition coefficient (Wildman–Crippen LogP) is 7.85. The van der Waals surface area contributed by atoms with Gasteiger partial charge in [-0.2, -0.15) is 0 Å². The number of aliphatic hydroxyl groups excluding tert-OH is 2. The number of carbonyl (C=O) groups is 1. The maximum absolute atomic E-state index is 12.7. The Morgan fingerprint density at radius 3 is 1.75 bits per heavy atom. The van der Waals surface area contributed by atoms with Gasteiger partial charge in [0.05, 0.1) is 37.9 Å². The number of rotatable bonds is 33. The summed E-state index contributed by atoms with van der Waals surface area (Å²) in [7, 11) is -4.38. The van der Waals surface area contributed by atoms with Gasteiger partial charge in [0.15, 0.2) is 0 Å². The lowest BCUT2D eigenvalue weighted by Crippen LogP contribution is -2.46. The fourth-order valence-electron chi connectivity index (χ4n) is 5.17. The van der Waals surface area contributed by atoms with Crippen molar-refractivity contribution in [3.8, 4) is 0 Å². The quantitative estimate of drug-likeness (QED) is 0.0274. The number of nitrogens with one attached hydrogen (secondary N) is 1. The van der Waals surface area contributed by atoms with Crippen LogP contribution in [-0.2, 0) is 18.4 Å². The molecule has 0 saturated heterocycles. The number of hydrogen-bond donors (Lipinski definition) is 5. The van der Waals surface area contributed by atoms with Crippen molar-refractivity contribution in [2.75, 3.05) is 19.8 Å². The molecule has 0 aliphatic carbocycles. The van der Waals surface area contributed by atoms with Gasteiger partial charge in [-0.3, -0.25) is 13.8 Å². The zero-order chi connectivity index (χ0) is 32.7. The van der Waals surface area contributed by atoms with Crippen molar-refractivity contribution in [1.82, 2.24) is 5.32 Å². The Hall–Kier alpha value is -0.800. The lowest BCUT2D eigenvalue weighted by atomic mass is 10.0. The maximum Gasteiger partial charge on any atom is 0.472 e. The van der Waals surface area contributed by atoms with Crippen molar-refractivity contribution in [2.45, 2.75) is 180 Å². The first-order valence-electron chi connectivity index (χ1n) is 17.9. The van der Waals surface area contributed by atoms with E-state index in [2.05, 4.69) is 19.2 Å². The van der Waals surface area contributed by atoms with Gasteiger partial charge >= 0.3 is 7.82 Å². The van der Waals surface area contributed by atoms with Gasteiger partial charge in [0.2, 0.25) is 5.91 Å². The van der Waals surface area contributed by atoms with E-state index in [9.17, 15) is 24.5 Å². The first-order chi connectivity index (χ1) is 21.3. The summed E-state index contributed by atoms with van der Waals surface area (Å²) in [6, 6.07) is -0.973. The molecule has 0 aromatic carbocycles. The minimum atomic E-state index is -4.38. The Labute approximate surface area is 269 Å². The molecule has 0 rings (SSSR count). The van der Waals surface area contributed by atoms with E-state index in [-0.39, 0.29) is 19.6 Å². The van der Waals surface area contributed by atoms with E-state index in [0.29, 0.717) is 6.42 Å². The third-order valence-corrected chi connectivity index (χ3v) is 8.90. The van der Waals surface area contributed by atoms with E-state index in [0.717, 1.165) is 38.5 Å². The fraction of sp³-hybridized carbons (Fsp3) is 0.912. The normalized spacial score (nSPS) is 15.3. The lowest BCUT2D eigenvalue weighted by Gasteiger charge is -2.24. The van der Waals surface area contributed by atoms with Crippen LogP contribution in [0.25, 0.3) is 0 Å². The van der Waals surface area contributed by atoms with Crippen LogP contribution >= 0.6 is 7.82 Å². The van der Waals surface area contributed by atoms with Gasteiger partial charge in [-0.1, -0.05) is 148 Å². The molecular formula is C34H69N2O7P. The van der Waals surface area contributed by atoms with Gasteiger partial charge in [-0.05, 0) is 19.3 Å². The molecular weight excluding hydrogens is 579 g/mol. The van der Waals surface area contributed by atoms with Gasteiger partial charge in [0.25, 0.3) is 0 Å². The summed E-state index contributed by atoms with van der Waals surface area (Å²) >= 11 is 0. The maximum atomic E-state index is 12.7. The van der Waals surface area contributed by atoms with Crippen LogP contribution in [0.5, 0.6) is 0 Å². The fourth-order valence-corrected chi connectivity index (χ4v) is 5.93. The summed E-state index contributed by atoms with van der Waals surface area (Å²) in [6.07, 6.45) is 27.5. The van der Waals surface area contributed by atoms with Gasteiger partial charge in [-0.25, -0.2) is 4.57 Å². The number of phosphoric ester groups is 1. The second-order valence-electron chi connectivity index (χ2n) is 12.3. The van der Waals surface area contributed by atoms with Crippen molar-refractivity contribution < 1.29 is 33.5 Å². The number of hydrogen-bond acceptors (Lipinski definition) is 7. The molecule has 9 nitrogen and oxygen atoms in total. The smallest absolute Gasteiger partial charge is 0.393 e. The van der Waals surface area contributed by atoms with E-state index in [1.165, 1.54) is 96.3 Å². The van der Waals surface area contributed by atoms with Crippen LogP contribution in [-0.4, -0.2) is 59.0 Å². The molecule has 6 N–H and O–H groups in total. The Morgan fingerprint density at radius 2 is 1.25 bits per heavy atom. The highest BCUT2D eigenvalue weighted by molar-refractivity contribution is 7.47. The molecule has 0 aliphatic rings. The van der Waals surface area contributed by atoms with E-state index in [4.69, 9.17) is 14.8 Å². The Bertz CT molecular complexity index is 726. The van der Waals surface area contributed by atoms with Crippen LogP contribution in [0.4, 0.5) is 0 Å². The molecule has 0 aromatic rings. The summed E-state index contributed by atoms with van der Waals surface area (Å²) in [6.45, 7) is 3.89. The Morgan fingerprint density at radius 1 is 0.773 bits per heavy atom. The molecule has 44 heavy (non-hydrogen) atoms. The monoisotopic (exact) mass is 648 g/mol. The Kier molecular flexibility index (Phi) is 30.3. The zero-order valence-corrected chi connectivity index (χ0v) is 29.2. The van der Waals surface area contributed by atoms with Gasteiger partial charge in [0.1, 0.15) is 0 Å². The summed E-state index contributed by atoms with van der Waals surface area (Å²) < 4.78 is 21.8. The molecule has 0 saturated carbocycles. The van der Waals surface area contributed by atoms with Crippen LogP contribution in [0, 0.1) is 0 Å². The first kappa shape index (κ1) is 43.2. The van der Waals surface area contributed by atoms with Crippen molar-refractivity contribution in [2.24, 2.45) is 5.73 Å².